The van der Waals surface area contributed by atoms with Crippen LogP contribution in [0, 0.1) is 0 Å². The first-order chi connectivity index (χ1) is 13.0. The van der Waals surface area contributed by atoms with Gasteiger partial charge >= 0.3 is 5.97 Å². The number of piperidine rings is 1. The van der Waals surface area contributed by atoms with Crippen LogP contribution in [0.4, 0.5) is 0 Å². The first-order valence-corrected chi connectivity index (χ1v) is 10.0. The second-order valence-corrected chi connectivity index (χ2v) is 8.44. The third kappa shape index (κ3) is 3.19. The molecule has 0 atom stereocenters. The normalized spacial score (nSPS) is 16.6. The van der Waals surface area contributed by atoms with Crippen molar-refractivity contribution in [2.24, 2.45) is 0 Å². The van der Waals surface area contributed by atoms with Gasteiger partial charge in [-0.2, -0.15) is 4.31 Å². The number of sulfonamides is 1. The van der Waals surface area contributed by atoms with E-state index in [1.165, 1.54) is 28.6 Å². The fourth-order valence-corrected chi connectivity index (χ4v) is 4.95. The summed E-state index contributed by atoms with van der Waals surface area (Å²) in [7, 11) is -3.73. The van der Waals surface area contributed by atoms with Crippen LogP contribution in [0.3, 0.4) is 0 Å². The van der Waals surface area contributed by atoms with E-state index in [9.17, 15) is 13.2 Å². The zero-order valence-corrected chi connectivity index (χ0v) is 15.2. The summed E-state index contributed by atoms with van der Waals surface area (Å²) in [6.45, 7) is 0.706. The van der Waals surface area contributed by atoms with Gasteiger partial charge in [-0.05, 0) is 43.2 Å². The number of rotatable bonds is 4. The number of benzene rings is 1. The maximum Gasteiger partial charge on any atom is 0.335 e. The van der Waals surface area contributed by atoms with E-state index in [0.717, 1.165) is 11.5 Å². The van der Waals surface area contributed by atoms with Gasteiger partial charge in [0.05, 0.1) is 10.5 Å². The van der Waals surface area contributed by atoms with Crippen LogP contribution in [-0.4, -0.2) is 51.5 Å². The van der Waals surface area contributed by atoms with Gasteiger partial charge in [-0.15, -0.1) is 10.2 Å². The molecule has 3 aromatic rings. The van der Waals surface area contributed by atoms with Crippen molar-refractivity contribution in [3.63, 3.8) is 0 Å². The largest absolute Gasteiger partial charge is 0.478 e. The number of pyridine rings is 1. The molecule has 4 rings (SSSR count). The highest BCUT2D eigenvalue weighted by atomic mass is 32.2. The molecule has 0 radical (unpaired) electrons. The highest BCUT2D eigenvalue weighted by Gasteiger charge is 2.32. The quantitative estimate of drug-likeness (QED) is 0.735. The minimum Gasteiger partial charge on any atom is -0.478 e. The van der Waals surface area contributed by atoms with Gasteiger partial charge < -0.3 is 5.11 Å². The molecule has 0 saturated carbocycles. The summed E-state index contributed by atoms with van der Waals surface area (Å²) >= 11 is 0. The molecular formula is C18H18N4O4S. The lowest BCUT2D eigenvalue weighted by molar-refractivity contribution is 0.0696. The molecule has 1 aliphatic heterocycles. The second-order valence-electron chi connectivity index (χ2n) is 6.50. The number of carbonyl (C=O) groups is 1. The van der Waals surface area contributed by atoms with E-state index < -0.39 is 16.0 Å². The molecule has 1 fully saturated rings. The topological polar surface area (TPSA) is 105 Å². The Morgan fingerprint density at radius 3 is 2.59 bits per heavy atom. The Morgan fingerprint density at radius 2 is 1.85 bits per heavy atom. The predicted octanol–water partition coefficient (Wildman–Crippen LogP) is 2.00. The van der Waals surface area contributed by atoms with Crippen molar-refractivity contribution in [3.8, 4) is 0 Å². The molecule has 1 N–H and O–H groups in total. The van der Waals surface area contributed by atoms with Crippen molar-refractivity contribution < 1.29 is 18.3 Å². The van der Waals surface area contributed by atoms with Crippen molar-refractivity contribution in [3.05, 3.63) is 60.0 Å². The van der Waals surface area contributed by atoms with Crippen LogP contribution in [0.5, 0.6) is 0 Å². The number of fused-ring (bicyclic) bond motifs is 1. The summed E-state index contributed by atoms with van der Waals surface area (Å²) in [5.74, 6) is -0.181. The number of hydrogen-bond acceptors (Lipinski definition) is 5. The smallest absolute Gasteiger partial charge is 0.335 e. The van der Waals surface area contributed by atoms with Gasteiger partial charge in [0.15, 0.2) is 5.65 Å². The zero-order valence-electron chi connectivity index (χ0n) is 14.4. The van der Waals surface area contributed by atoms with E-state index in [4.69, 9.17) is 5.11 Å². The average molecular weight is 386 g/mol. The molecule has 3 heterocycles. The SMILES string of the molecule is O=C(O)c1cccc(S(=O)(=O)N2CCC(c3nnc4ccccn34)CC2)c1. The lowest BCUT2D eigenvalue weighted by atomic mass is 9.97. The summed E-state index contributed by atoms with van der Waals surface area (Å²) in [5.41, 5.74) is 0.730. The van der Waals surface area contributed by atoms with Crippen LogP contribution in [0.2, 0.25) is 0 Å². The van der Waals surface area contributed by atoms with E-state index in [2.05, 4.69) is 10.2 Å². The first-order valence-electron chi connectivity index (χ1n) is 8.60. The van der Waals surface area contributed by atoms with Crippen molar-refractivity contribution in [1.29, 1.82) is 0 Å². The molecule has 27 heavy (non-hydrogen) atoms. The molecular weight excluding hydrogens is 368 g/mol. The molecule has 0 spiro atoms. The fraction of sp³-hybridized carbons (Fsp3) is 0.278. The van der Waals surface area contributed by atoms with Gasteiger partial charge in [0, 0.05) is 25.2 Å². The summed E-state index contributed by atoms with van der Waals surface area (Å²) in [4.78, 5) is 11.1. The summed E-state index contributed by atoms with van der Waals surface area (Å²) in [6.07, 6.45) is 3.17. The van der Waals surface area contributed by atoms with E-state index in [1.54, 1.807) is 0 Å². The Hall–Kier alpha value is -2.78. The maximum atomic E-state index is 12.9. The van der Waals surface area contributed by atoms with E-state index in [-0.39, 0.29) is 16.4 Å². The molecule has 0 bridgehead atoms. The molecule has 1 aromatic carbocycles. The molecule has 0 unspecified atom stereocenters. The second kappa shape index (κ2) is 6.75. The number of carboxylic acid groups (broad SMARTS) is 1. The van der Waals surface area contributed by atoms with Gasteiger partial charge in [-0.1, -0.05) is 12.1 Å². The summed E-state index contributed by atoms with van der Waals surface area (Å²) in [6, 6.07) is 11.2. The Labute approximate surface area is 156 Å². The van der Waals surface area contributed by atoms with Crippen LogP contribution in [0.1, 0.15) is 34.9 Å². The molecule has 0 amide bonds. The Morgan fingerprint density at radius 1 is 1.07 bits per heavy atom. The van der Waals surface area contributed by atoms with Crippen LogP contribution in [-0.2, 0) is 10.0 Å². The van der Waals surface area contributed by atoms with Crippen LogP contribution in [0.15, 0.2) is 53.6 Å². The zero-order chi connectivity index (χ0) is 19.0. The third-order valence-corrected chi connectivity index (χ3v) is 6.77. The molecule has 1 aliphatic rings. The van der Waals surface area contributed by atoms with Crippen molar-refractivity contribution >= 4 is 21.6 Å². The predicted molar refractivity (Wildman–Crippen MR) is 97.1 cm³/mol. The van der Waals surface area contributed by atoms with E-state index in [1.807, 2.05) is 28.8 Å². The number of aromatic carboxylic acids is 1. The number of aromatic nitrogens is 3. The summed E-state index contributed by atoms with van der Waals surface area (Å²) in [5, 5.41) is 17.5. The van der Waals surface area contributed by atoms with E-state index >= 15 is 0 Å². The third-order valence-electron chi connectivity index (χ3n) is 4.88. The van der Waals surface area contributed by atoms with Gasteiger partial charge in [-0.3, -0.25) is 4.40 Å². The molecule has 2 aromatic heterocycles. The van der Waals surface area contributed by atoms with Gasteiger partial charge in [0.1, 0.15) is 5.82 Å². The van der Waals surface area contributed by atoms with Crippen LogP contribution < -0.4 is 0 Å². The van der Waals surface area contributed by atoms with Gasteiger partial charge in [0.25, 0.3) is 0 Å². The minimum atomic E-state index is -3.73. The molecule has 9 heteroatoms. The Balaban J connectivity index is 1.53. The van der Waals surface area contributed by atoms with Gasteiger partial charge in [-0.25, -0.2) is 13.2 Å². The average Bonchev–Trinajstić information content (AvgIpc) is 3.12. The van der Waals surface area contributed by atoms with Gasteiger partial charge in [0.2, 0.25) is 10.0 Å². The van der Waals surface area contributed by atoms with Crippen molar-refractivity contribution in [2.75, 3.05) is 13.1 Å². The van der Waals surface area contributed by atoms with Crippen LogP contribution >= 0.6 is 0 Å². The first kappa shape index (κ1) is 17.6. The maximum absolute atomic E-state index is 12.9. The van der Waals surface area contributed by atoms with Crippen molar-refractivity contribution in [2.45, 2.75) is 23.7 Å². The molecule has 1 saturated heterocycles. The monoisotopic (exact) mass is 386 g/mol. The number of nitrogens with zero attached hydrogens (tertiary/aromatic N) is 4. The van der Waals surface area contributed by atoms with E-state index in [0.29, 0.717) is 25.9 Å². The molecule has 140 valence electrons. The van der Waals surface area contributed by atoms with Crippen molar-refractivity contribution in [1.82, 2.24) is 18.9 Å². The lowest BCUT2D eigenvalue weighted by Gasteiger charge is -2.30. The highest BCUT2D eigenvalue weighted by molar-refractivity contribution is 7.89. The number of hydrogen-bond donors (Lipinski definition) is 1. The lowest BCUT2D eigenvalue weighted by Crippen LogP contribution is -2.38. The number of carboxylic acids is 1. The standard InChI is InChI=1S/C18H18N4O4S/c23-18(24)14-4-3-5-15(12-14)27(25,26)21-10-7-13(8-11-21)17-20-19-16-6-1-2-9-22(16)17/h1-6,9,12-13H,7-8,10-11H2,(H,23,24). The molecule has 8 nitrogen and oxygen atoms in total. The Kier molecular flexibility index (Phi) is 4.40. The molecule has 0 aliphatic carbocycles. The minimum absolute atomic E-state index is 0.00813. The summed E-state index contributed by atoms with van der Waals surface area (Å²) < 4.78 is 29.1. The highest BCUT2D eigenvalue weighted by Crippen LogP contribution is 2.30. The fourth-order valence-electron chi connectivity index (χ4n) is 3.43. The van der Waals surface area contributed by atoms with Crippen LogP contribution in [0.25, 0.3) is 5.65 Å². The Bertz CT molecular complexity index is 1100.